The summed E-state index contributed by atoms with van der Waals surface area (Å²) in [5.74, 6) is -9.61. The largest absolute Gasteiger partial charge is 0.435 e. The van der Waals surface area contributed by atoms with Gasteiger partial charge in [0.1, 0.15) is 23.0 Å². The number of alkyl halides is 1. The highest BCUT2D eigenvalue weighted by Crippen LogP contribution is 2.36. The van der Waals surface area contributed by atoms with Gasteiger partial charge in [0.2, 0.25) is 27.7 Å². The van der Waals surface area contributed by atoms with E-state index in [1.165, 1.54) is 37.5 Å². The number of ether oxygens (including phenoxy) is 1. The van der Waals surface area contributed by atoms with E-state index >= 15 is 4.39 Å². The molecule has 2 atom stereocenters. The minimum atomic E-state index is -4.68. The van der Waals surface area contributed by atoms with Crippen LogP contribution in [0.15, 0.2) is 54.9 Å². The zero-order valence-electron chi connectivity index (χ0n) is 22.8. The van der Waals surface area contributed by atoms with Crippen LogP contribution in [0.5, 0.6) is 11.6 Å². The van der Waals surface area contributed by atoms with Crippen LogP contribution in [0, 0.1) is 29.1 Å². The molecule has 0 amide bonds. The lowest BCUT2D eigenvalue weighted by molar-refractivity contribution is 0.137. The van der Waals surface area contributed by atoms with Gasteiger partial charge in [0.05, 0.1) is 17.0 Å². The van der Waals surface area contributed by atoms with E-state index in [4.69, 9.17) is 4.74 Å². The highest BCUT2D eigenvalue weighted by atomic mass is 32.2. The molecule has 3 N–H and O–H groups in total. The summed E-state index contributed by atoms with van der Waals surface area (Å²) in [5.41, 5.74) is -2.87. The Morgan fingerprint density at radius 3 is 2.57 bits per heavy atom. The molecule has 44 heavy (non-hydrogen) atoms. The number of hydrogen-bond donors (Lipinski definition) is 3. The summed E-state index contributed by atoms with van der Waals surface area (Å²) < 4.78 is 118. The maximum Gasteiger partial charge on any atom is 0.237 e. The first kappa shape index (κ1) is 31.0. The molecule has 1 aliphatic heterocycles. The number of hydrogen-bond acceptors (Lipinski definition) is 8. The third-order valence-corrected chi connectivity index (χ3v) is 7.75. The summed E-state index contributed by atoms with van der Waals surface area (Å²) in [7, 11) is -4.68. The molecule has 0 saturated carbocycles. The Kier molecular flexibility index (Phi) is 8.65. The van der Waals surface area contributed by atoms with Crippen LogP contribution in [0.25, 0.3) is 11.3 Å². The fourth-order valence-electron chi connectivity index (χ4n) is 4.58. The van der Waals surface area contributed by atoms with Crippen LogP contribution in [0.2, 0.25) is 0 Å². The highest BCUT2D eigenvalue weighted by Gasteiger charge is 2.32. The van der Waals surface area contributed by atoms with Gasteiger partial charge in [0, 0.05) is 55.6 Å². The lowest BCUT2D eigenvalue weighted by Crippen LogP contribution is -2.50. The number of benzene rings is 2. The summed E-state index contributed by atoms with van der Waals surface area (Å²) in [6.07, 6.45) is 2.89. The summed E-state index contributed by atoms with van der Waals surface area (Å²) in [5, 5.41) is 6.04. The first-order valence-corrected chi connectivity index (χ1v) is 14.7. The topological polar surface area (TPSA) is 118 Å². The number of nitrogens with zero attached hydrogens (tertiary/aromatic N) is 3. The molecule has 0 bridgehead atoms. The summed E-state index contributed by atoms with van der Waals surface area (Å²) in [6.45, 7) is 2.16. The lowest BCUT2D eigenvalue weighted by Gasteiger charge is -2.33. The van der Waals surface area contributed by atoms with Crippen LogP contribution >= 0.6 is 0 Å². The van der Waals surface area contributed by atoms with Crippen molar-refractivity contribution in [3.8, 4) is 22.9 Å². The van der Waals surface area contributed by atoms with Gasteiger partial charge in [-0.2, -0.15) is 4.39 Å². The summed E-state index contributed by atoms with van der Waals surface area (Å²) in [4.78, 5) is 12.5. The number of aromatic nitrogens is 3. The maximum atomic E-state index is 15.1. The van der Waals surface area contributed by atoms with E-state index in [2.05, 4.69) is 25.6 Å². The molecular formula is C28H24F6N6O3S. The Bertz CT molecular complexity index is 1810. The molecule has 5 rings (SSSR count). The minimum absolute atomic E-state index is 0.155. The monoisotopic (exact) mass is 638 g/mol. The highest BCUT2D eigenvalue weighted by molar-refractivity contribution is 7.91. The molecule has 2 aromatic heterocycles. The number of halogens is 6. The van der Waals surface area contributed by atoms with Crippen LogP contribution in [0.1, 0.15) is 18.9 Å². The van der Waals surface area contributed by atoms with Crippen molar-refractivity contribution in [2.24, 2.45) is 0 Å². The van der Waals surface area contributed by atoms with Crippen molar-refractivity contribution in [3.05, 3.63) is 89.5 Å². The Balaban J connectivity index is 1.37. The van der Waals surface area contributed by atoms with Crippen LogP contribution in [0.4, 0.5) is 38.0 Å². The third kappa shape index (κ3) is 7.19. The van der Waals surface area contributed by atoms with Gasteiger partial charge in [0.15, 0.2) is 17.4 Å². The zero-order chi connectivity index (χ0) is 31.6. The molecule has 1 unspecified atom stereocenters. The lowest BCUT2D eigenvalue weighted by atomic mass is 9.95. The molecular weight excluding hydrogens is 614 g/mol. The van der Waals surface area contributed by atoms with Gasteiger partial charge in [0.25, 0.3) is 0 Å². The molecule has 16 heteroatoms. The second-order valence-corrected chi connectivity index (χ2v) is 12.0. The molecule has 1 fully saturated rings. The quantitative estimate of drug-likeness (QED) is 0.163. The standard InChI is InChI=1S/C28H24F6N6O3S/c1-28(34)11-17(12-35-14-28)38-27-37-8-6-21(39-27)18-3-2-7-36-26(18)43-22-10-20(31)25(24(33)23(22)32)40-44(41,42)13-15-4-5-16(29)9-19(15)30/h2-10,17,35,40H,11-14H2,1H3,(H,37,38,39)/t17?,28-/m0/s1. The van der Waals surface area contributed by atoms with E-state index in [-0.39, 0.29) is 42.1 Å². The van der Waals surface area contributed by atoms with Crippen molar-refractivity contribution < 1.29 is 39.5 Å². The van der Waals surface area contributed by atoms with Crippen LogP contribution < -0.4 is 20.1 Å². The second-order valence-electron chi connectivity index (χ2n) is 10.3. The number of piperidine rings is 1. The van der Waals surface area contributed by atoms with Crippen LogP contribution in [0.3, 0.4) is 0 Å². The van der Waals surface area contributed by atoms with Crippen molar-refractivity contribution in [1.82, 2.24) is 20.3 Å². The fourth-order valence-corrected chi connectivity index (χ4v) is 5.79. The molecule has 0 radical (unpaired) electrons. The summed E-state index contributed by atoms with van der Waals surface area (Å²) >= 11 is 0. The van der Waals surface area contributed by atoms with Gasteiger partial charge in [-0.3, -0.25) is 4.72 Å². The van der Waals surface area contributed by atoms with Gasteiger partial charge < -0.3 is 15.4 Å². The van der Waals surface area contributed by atoms with Gasteiger partial charge >= 0.3 is 0 Å². The predicted molar refractivity (Wildman–Crippen MR) is 149 cm³/mol. The van der Waals surface area contributed by atoms with E-state index in [0.717, 1.165) is 12.1 Å². The average molecular weight is 639 g/mol. The molecule has 232 valence electrons. The molecule has 1 aliphatic rings. The average Bonchev–Trinajstić information content (AvgIpc) is 2.95. The third-order valence-electron chi connectivity index (χ3n) is 6.54. The van der Waals surface area contributed by atoms with Gasteiger partial charge in [-0.25, -0.2) is 45.3 Å². The molecule has 9 nitrogen and oxygen atoms in total. The van der Waals surface area contributed by atoms with Gasteiger partial charge in [-0.1, -0.05) is 6.07 Å². The molecule has 0 spiro atoms. The molecule has 4 aromatic rings. The fraction of sp³-hybridized carbons (Fsp3) is 0.250. The number of nitrogens with one attached hydrogen (secondary N) is 3. The van der Waals surface area contributed by atoms with E-state index in [0.29, 0.717) is 18.7 Å². The normalized spacial score (nSPS) is 18.6. The van der Waals surface area contributed by atoms with Crippen molar-refractivity contribution >= 4 is 21.7 Å². The Morgan fingerprint density at radius 1 is 1.02 bits per heavy atom. The Labute approximate surface area is 247 Å². The summed E-state index contributed by atoms with van der Waals surface area (Å²) in [6, 6.07) is 6.68. The number of sulfonamides is 1. The van der Waals surface area contributed by atoms with Gasteiger partial charge in [-0.15, -0.1) is 0 Å². The van der Waals surface area contributed by atoms with Crippen molar-refractivity contribution in [1.29, 1.82) is 0 Å². The van der Waals surface area contributed by atoms with Crippen molar-refractivity contribution in [3.63, 3.8) is 0 Å². The number of pyridine rings is 1. The number of anilines is 2. The molecule has 1 saturated heterocycles. The van der Waals surface area contributed by atoms with E-state index in [1.54, 1.807) is 4.72 Å². The van der Waals surface area contributed by atoms with Crippen LogP contribution in [-0.2, 0) is 15.8 Å². The first-order valence-electron chi connectivity index (χ1n) is 13.0. The molecule has 3 heterocycles. The smallest absolute Gasteiger partial charge is 0.237 e. The van der Waals surface area contributed by atoms with Crippen molar-refractivity contribution in [2.75, 3.05) is 23.1 Å². The zero-order valence-corrected chi connectivity index (χ0v) is 23.7. The van der Waals surface area contributed by atoms with E-state index in [1.807, 2.05) is 0 Å². The number of rotatable bonds is 9. The Morgan fingerprint density at radius 2 is 1.82 bits per heavy atom. The molecule has 2 aromatic carbocycles. The van der Waals surface area contributed by atoms with Crippen molar-refractivity contribution in [2.45, 2.75) is 30.8 Å². The van der Waals surface area contributed by atoms with E-state index < -0.39 is 67.5 Å². The van der Waals surface area contributed by atoms with E-state index in [9.17, 15) is 30.4 Å². The maximum absolute atomic E-state index is 15.1. The Hall–Kier alpha value is -4.44. The first-order chi connectivity index (χ1) is 20.8. The molecule has 0 aliphatic carbocycles. The predicted octanol–water partition coefficient (Wildman–Crippen LogP) is 5.47. The minimum Gasteiger partial charge on any atom is -0.435 e. The van der Waals surface area contributed by atoms with Crippen LogP contribution in [-0.4, -0.2) is 48.2 Å². The second kappa shape index (κ2) is 12.3. The SMILES string of the molecule is C[C@@]1(F)CNCC(Nc2nccc(-c3cccnc3Oc3cc(F)c(NS(=O)(=O)Cc4ccc(F)cc4F)c(F)c3F)n2)C1. The van der Waals surface area contributed by atoms with Gasteiger partial charge in [-0.05, 0) is 31.2 Å².